The van der Waals surface area contributed by atoms with E-state index in [1.165, 1.54) is 0 Å². The summed E-state index contributed by atoms with van der Waals surface area (Å²) in [6, 6.07) is 0. The van der Waals surface area contributed by atoms with Crippen LogP contribution in [-0.2, 0) is 24.7 Å². The fraction of sp³-hybridized carbons (Fsp3) is 0.667. The Bertz CT molecular complexity index is 374. The van der Waals surface area contributed by atoms with Gasteiger partial charge in [-0.05, 0) is 19.3 Å². The first-order valence-electron chi connectivity index (χ1n) is 4.81. The summed E-state index contributed by atoms with van der Waals surface area (Å²) in [7, 11) is 1.84. The Morgan fingerprint density at radius 2 is 2.20 bits per heavy atom. The predicted molar refractivity (Wildman–Crippen MR) is 60.9 cm³/mol. The van der Waals surface area contributed by atoms with E-state index in [1.807, 2.05) is 14.0 Å². The van der Waals surface area contributed by atoms with Crippen molar-refractivity contribution in [3.05, 3.63) is 11.4 Å². The van der Waals surface area contributed by atoms with Gasteiger partial charge in [-0.25, -0.2) is 4.21 Å². The molecule has 6 heteroatoms. The molecule has 2 N–H and O–H groups in total. The summed E-state index contributed by atoms with van der Waals surface area (Å²) < 4.78 is 23.8. The van der Waals surface area contributed by atoms with Gasteiger partial charge in [0.05, 0.1) is 17.1 Å². The van der Waals surface area contributed by atoms with Crippen LogP contribution in [0.25, 0.3) is 0 Å². The smallest absolute Gasteiger partial charge is 0.259 e. The number of nitrogens with zero attached hydrogens (tertiary/aromatic N) is 2. The van der Waals surface area contributed by atoms with E-state index >= 15 is 0 Å². The molecule has 0 amide bonds. The molecule has 1 rings (SSSR count). The maximum Gasteiger partial charge on any atom is 0.259 e. The molecule has 0 saturated carbocycles. The molecule has 0 saturated heterocycles. The minimum atomic E-state index is -2.04. The molecule has 15 heavy (non-hydrogen) atoms. The zero-order valence-corrected chi connectivity index (χ0v) is 10.3. The van der Waals surface area contributed by atoms with Crippen LogP contribution in [0.1, 0.15) is 25.2 Å². The van der Waals surface area contributed by atoms with Crippen molar-refractivity contribution in [2.45, 2.75) is 27.2 Å². The first kappa shape index (κ1) is 12.2. The van der Waals surface area contributed by atoms with Crippen molar-refractivity contribution in [3.8, 4) is 0 Å². The number of aryl methyl sites for hydroxylation is 2. The third-order valence-electron chi connectivity index (χ3n) is 2.13. The van der Waals surface area contributed by atoms with Gasteiger partial charge in [-0.2, -0.15) is 5.10 Å². The molecule has 1 unspecified atom stereocenters. The summed E-state index contributed by atoms with van der Waals surface area (Å²) in [5.41, 5.74) is 2.38. The van der Waals surface area contributed by atoms with Gasteiger partial charge in [0, 0.05) is 7.05 Å². The Kier molecular flexibility index (Phi) is 3.87. The SMILES string of the molecule is Cc1nn(C)c(CC(C)C)c1NS(=O)O. The Labute approximate surface area is 92.3 Å². The number of nitrogens with one attached hydrogen (secondary N) is 1. The largest absolute Gasteiger partial charge is 0.289 e. The van der Waals surface area contributed by atoms with Gasteiger partial charge in [-0.15, -0.1) is 0 Å². The van der Waals surface area contributed by atoms with Gasteiger partial charge >= 0.3 is 0 Å². The standard InChI is InChI=1S/C9H17N3O2S/c1-6(2)5-8-9(11-15(13)14)7(3)10-12(8)4/h6,11H,5H2,1-4H3,(H,13,14). The van der Waals surface area contributed by atoms with E-state index < -0.39 is 11.3 Å². The highest BCUT2D eigenvalue weighted by atomic mass is 32.2. The minimum absolute atomic E-state index is 0.479. The van der Waals surface area contributed by atoms with Crippen LogP contribution in [0.2, 0.25) is 0 Å². The molecule has 1 aromatic rings. The molecule has 86 valence electrons. The van der Waals surface area contributed by atoms with Gasteiger partial charge in [0.1, 0.15) is 0 Å². The Morgan fingerprint density at radius 3 is 2.67 bits per heavy atom. The molecular weight excluding hydrogens is 214 g/mol. The third kappa shape index (κ3) is 3.04. The van der Waals surface area contributed by atoms with Crippen LogP contribution >= 0.6 is 0 Å². The number of hydrogen-bond acceptors (Lipinski definition) is 2. The van der Waals surface area contributed by atoms with Crippen LogP contribution in [0, 0.1) is 12.8 Å². The number of hydrogen-bond donors (Lipinski definition) is 2. The topological polar surface area (TPSA) is 67.2 Å². The highest BCUT2D eigenvalue weighted by Gasteiger charge is 2.15. The van der Waals surface area contributed by atoms with Gasteiger partial charge in [0.25, 0.3) is 11.3 Å². The summed E-state index contributed by atoms with van der Waals surface area (Å²) in [5, 5.41) is 4.23. The molecule has 1 heterocycles. The summed E-state index contributed by atoms with van der Waals surface area (Å²) in [4.78, 5) is 0. The molecule has 5 nitrogen and oxygen atoms in total. The lowest BCUT2D eigenvalue weighted by molar-refractivity contribution is 0.569. The van der Waals surface area contributed by atoms with Crippen LogP contribution in [0.4, 0.5) is 5.69 Å². The minimum Gasteiger partial charge on any atom is -0.289 e. The fourth-order valence-corrected chi connectivity index (χ4v) is 1.99. The molecule has 0 bridgehead atoms. The van der Waals surface area contributed by atoms with Crippen molar-refractivity contribution in [1.29, 1.82) is 0 Å². The van der Waals surface area contributed by atoms with Crippen molar-refractivity contribution in [2.75, 3.05) is 4.72 Å². The van der Waals surface area contributed by atoms with E-state index in [0.717, 1.165) is 17.8 Å². The number of rotatable bonds is 4. The predicted octanol–water partition coefficient (Wildman–Crippen LogP) is 1.48. The average molecular weight is 231 g/mol. The van der Waals surface area contributed by atoms with Crippen molar-refractivity contribution in [3.63, 3.8) is 0 Å². The van der Waals surface area contributed by atoms with E-state index in [2.05, 4.69) is 23.7 Å². The van der Waals surface area contributed by atoms with Gasteiger partial charge < -0.3 is 0 Å². The summed E-state index contributed by atoms with van der Waals surface area (Å²) in [6.07, 6.45) is 0.830. The van der Waals surface area contributed by atoms with Crippen molar-refractivity contribution >= 4 is 17.0 Å². The first-order valence-corrected chi connectivity index (χ1v) is 5.92. The van der Waals surface area contributed by atoms with Crippen LogP contribution in [0.5, 0.6) is 0 Å². The normalized spacial score (nSPS) is 13.2. The molecule has 0 radical (unpaired) electrons. The van der Waals surface area contributed by atoms with Crippen LogP contribution < -0.4 is 4.72 Å². The lowest BCUT2D eigenvalue weighted by atomic mass is 10.1. The summed E-state index contributed by atoms with van der Waals surface area (Å²) >= 11 is -2.04. The zero-order valence-electron chi connectivity index (χ0n) is 9.44. The van der Waals surface area contributed by atoms with Crippen molar-refractivity contribution in [2.24, 2.45) is 13.0 Å². The van der Waals surface area contributed by atoms with Gasteiger partial charge in [0.15, 0.2) is 0 Å². The van der Waals surface area contributed by atoms with Gasteiger partial charge in [-0.1, -0.05) is 13.8 Å². The second-order valence-electron chi connectivity index (χ2n) is 3.98. The molecule has 0 fully saturated rings. The van der Waals surface area contributed by atoms with E-state index in [9.17, 15) is 4.21 Å². The Hall–Kier alpha value is -0.880. The second kappa shape index (κ2) is 4.76. The average Bonchev–Trinajstić information content (AvgIpc) is 2.30. The maximum atomic E-state index is 10.7. The van der Waals surface area contributed by atoms with Crippen LogP contribution in [-0.4, -0.2) is 18.5 Å². The Balaban J connectivity index is 3.05. The Morgan fingerprint density at radius 1 is 1.60 bits per heavy atom. The van der Waals surface area contributed by atoms with E-state index in [0.29, 0.717) is 11.6 Å². The molecule has 0 spiro atoms. The highest BCUT2D eigenvalue weighted by Crippen LogP contribution is 2.22. The molecule has 1 aromatic heterocycles. The maximum absolute atomic E-state index is 10.7. The first-order chi connectivity index (χ1) is 6.91. The van der Waals surface area contributed by atoms with E-state index in [4.69, 9.17) is 4.55 Å². The van der Waals surface area contributed by atoms with Crippen molar-refractivity contribution < 1.29 is 8.76 Å². The quantitative estimate of drug-likeness (QED) is 0.771. The summed E-state index contributed by atoms with van der Waals surface area (Å²) in [6.45, 7) is 6.02. The molecule has 0 aromatic carbocycles. The van der Waals surface area contributed by atoms with Gasteiger partial charge in [-0.3, -0.25) is 14.0 Å². The lowest BCUT2D eigenvalue weighted by Gasteiger charge is -2.08. The third-order valence-corrected chi connectivity index (χ3v) is 2.51. The molecule has 1 atom stereocenters. The molecular formula is C9H17N3O2S. The van der Waals surface area contributed by atoms with Crippen LogP contribution in [0.3, 0.4) is 0 Å². The van der Waals surface area contributed by atoms with Crippen molar-refractivity contribution in [1.82, 2.24) is 9.78 Å². The number of anilines is 1. The van der Waals surface area contributed by atoms with Crippen LogP contribution in [0.15, 0.2) is 0 Å². The second-order valence-corrected chi connectivity index (χ2v) is 4.68. The van der Waals surface area contributed by atoms with E-state index in [-0.39, 0.29) is 0 Å². The molecule has 0 aliphatic heterocycles. The summed E-state index contributed by atoms with van der Waals surface area (Å²) in [5.74, 6) is 0.479. The monoisotopic (exact) mass is 231 g/mol. The zero-order chi connectivity index (χ0) is 11.6. The lowest BCUT2D eigenvalue weighted by Crippen LogP contribution is -2.08. The molecule has 0 aliphatic rings. The van der Waals surface area contributed by atoms with Gasteiger partial charge in [0.2, 0.25) is 0 Å². The molecule has 0 aliphatic carbocycles. The fourth-order valence-electron chi connectivity index (χ4n) is 1.55. The highest BCUT2D eigenvalue weighted by molar-refractivity contribution is 7.80. The van der Waals surface area contributed by atoms with E-state index in [1.54, 1.807) is 4.68 Å². The number of aromatic nitrogens is 2.